The lowest BCUT2D eigenvalue weighted by Crippen LogP contribution is -2.38. The number of nitrogens with two attached hydrogens (primary N) is 1. The second-order valence-electron chi connectivity index (χ2n) is 6.69. The molecule has 0 unspecified atom stereocenters. The molecule has 0 atom stereocenters. The number of nitrogens with one attached hydrogen (secondary N) is 2. The van der Waals surface area contributed by atoms with Crippen molar-refractivity contribution in [1.82, 2.24) is 15.4 Å². The maximum absolute atomic E-state index is 12.2. The van der Waals surface area contributed by atoms with E-state index < -0.39 is 0 Å². The first-order valence-electron chi connectivity index (χ1n) is 9.06. The highest BCUT2D eigenvalue weighted by molar-refractivity contribution is 5.95. The molecule has 2 aromatic rings. The van der Waals surface area contributed by atoms with Crippen LogP contribution in [-0.4, -0.2) is 42.0 Å². The van der Waals surface area contributed by atoms with E-state index >= 15 is 0 Å². The van der Waals surface area contributed by atoms with Crippen LogP contribution >= 0.6 is 0 Å². The molecule has 9 nitrogen and oxygen atoms in total. The summed E-state index contributed by atoms with van der Waals surface area (Å²) in [6, 6.07) is 7.22. The van der Waals surface area contributed by atoms with Crippen molar-refractivity contribution in [2.75, 3.05) is 36.3 Å². The zero-order chi connectivity index (χ0) is 20.1. The molecule has 0 radical (unpaired) electrons. The molecule has 1 aliphatic rings. The minimum absolute atomic E-state index is 0.101. The molecule has 1 saturated heterocycles. The Morgan fingerprint density at radius 2 is 1.86 bits per heavy atom. The number of amides is 1. The van der Waals surface area contributed by atoms with Crippen LogP contribution in [0, 0.1) is 12.8 Å². The number of methoxy groups -OCH3 is 1. The van der Waals surface area contributed by atoms with Gasteiger partial charge < -0.3 is 15.4 Å². The Bertz CT molecular complexity index is 847. The van der Waals surface area contributed by atoms with Gasteiger partial charge in [-0.15, -0.1) is 0 Å². The molecule has 0 bridgehead atoms. The first kappa shape index (κ1) is 19.4. The highest BCUT2D eigenvalue weighted by atomic mass is 16.5. The number of anilines is 3. The molecule has 9 heteroatoms. The average Bonchev–Trinajstić information content (AvgIpc) is 2.73. The van der Waals surface area contributed by atoms with Gasteiger partial charge in [-0.2, -0.15) is 0 Å². The lowest BCUT2D eigenvalue weighted by Gasteiger charge is -2.32. The zero-order valence-corrected chi connectivity index (χ0v) is 15.9. The van der Waals surface area contributed by atoms with Gasteiger partial charge in [0, 0.05) is 18.7 Å². The Hall–Kier alpha value is -3.36. The van der Waals surface area contributed by atoms with Crippen molar-refractivity contribution in [2.45, 2.75) is 19.8 Å². The van der Waals surface area contributed by atoms with Gasteiger partial charge in [0.25, 0.3) is 5.91 Å². The predicted molar refractivity (Wildman–Crippen MR) is 106 cm³/mol. The first-order valence-corrected chi connectivity index (χ1v) is 9.06. The lowest BCUT2D eigenvalue weighted by atomic mass is 9.97. The van der Waals surface area contributed by atoms with Crippen molar-refractivity contribution >= 4 is 29.2 Å². The molecular formula is C19H24N6O3. The fourth-order valence-corrected chi connectivity index (χ4v) is 3.12. The van der Waals surface area contributed by atoms with Crippen LogP contribution < -0.4 is 21.5 Å². The van der Waals surface area contributed by atoms with E-state index in [1.54, 1.807) is 12.1 Å². The summed E-state index contributed by atoms with van der Waals surface area (Å²) in [5.41, 5.74) is 13.5. The number of hydrogen-bond acceptors (Lipinski definition) is 8. The lowest BCUT2D eigenvalue weighted by molar-refractivity contribution is -0.146. The molecule has 4 N–H and O–H groups in total. The Morgan fingerprint density at radius 3 is 2.50 bits per heavy atom. The number of benzene rings is 1. The van der Waals surface area contributed by atoms with Gasteiger partial charge in [0.15, 0.2) is 11.6 Å². The van der Waals surface area contributed by atoms with E-state index in [4.69, 9.17) is 10.5 Å². The number of nitrogen functional groups attached to an aromatic ring is 1. The van der Waals surface area contributed by atoms with Gasteiger partial charge in [-0.3, -0.25) is 20.4 Å². The van der Waals surface area contributed by atoms with Crippen molar-refractivity contribution in [3.63, 3.8) is 0 Å². The summed E-state index contributed by atoms with van der Waals surface area (Å²) in [6.45, 7) is 3.23. The highest BCUT2D eigenvalue weighted by Crippen LogP contribution is 2.29. The largest absolute Gasteiger partial charge is 0.469 e. The van der Waals surface area contributed by atoms with Crippen LogP contribution in [0.1, 0.15) is 28.8 Å². The summed E-state index contributed by atoms with van der Waals surface area (Å²) in [6.07, 6.45) is 2.73. The minimum Gasteiger partial charge on any atom is -0.469 e. The number of esters is 1. The van der Waals surface area contributed by atoms with Crippen molar-refractivity contribution in [3.05, 3.63) is 41.7 Å². The quantitative estimate of drug-likeness (QED) is 0.524. The fourth-order valence-electron chi connectivity index (χ4n) is 3.12. The van der Waals surface area contributed by atoms with Gasteiger partial charge in [-0.05, 0) is 31.9 Å². The summed E-state index contributed by atoms with van der Waals surface area (Å²) in [7, 11) is 1.40. The van der Waals surface area contributed by atoms with E-state index in [0.717, 1.165) is 5.56 Å². The summed E-state index contributed by atoms with van der Waals surface area (Å²) in [5, 5.41) is 0. The average molecular weight is 384 g/mol. The smallest absolute Gasteiger partial charge is 0.308 e. The molecule has 0 aliphatic carbocycles. The van der Waals surface area contributed by atoms with E-state index in [1.807, 2.05) is 24.0 Å². The monoisotopic (exact) mass is 384 g/mol. The van der Waals surface area contributed by atoms with Gasteiger partial charge >= 0.3 is 5.97 Å². The fraction of sp³-hybridized carbons (Fsp3) is 0.368. The van der Waals surface area contributed by atoms with Gasteiger partial charge in [0.1, 0.15) is 12.0 Å². The van der Waals surface area contributed by atoms with E-state index in [1.165, 1.54) is 13.4 Å². The van der Waals surface area contributed by atoms with E-state index in [0.29, 0.717) is 48.8 Å². The molecule has 1 aliphatic heterocycles. The van der Waals surface area contributed by atoms with E-state index in [9.17, 15) is 9.59 Å². The molecule has 2 heterocycles. The van der Waals surface area contributed by atoms with Gasteiger partial charge in [-0.1, -0.05) is 17.7 Å². The predicted octanol–water partition coefficient (Wildman–Crippen LogP) is 1.51. The number of nitrogens with zero attached hydrogens (tertiary/aromatic N) is 3. The van der Waals surface area contributed by atoms with E-state index in [2.05, 4.69) is 20.8 Å². The van der Waals surface area contributed by atoms with Crippen molar-refractivity contribution < 1.29 is 14.3 Å². The Kier molecular flexibility index (Phi) is 5.93. The van der Waals surface area contributed by atoms with Crippen molar-refractivity contribution in [1.29, 1.82) is 0 Å². The summed E-state index contributed by atoms with van der Waals surface area (Å²) < 4.78 is 4.81. The Balaban J connectivity index is 1.64. The van der Waals surface area contributed by atoms with Gasteiger partial charge in [0.2, 0.25) is 0 Å². The second kappa shape index (κ2) is 8.55. The third-order valence-corrected chi connectivity index (χ3v) is 4.80. The van der Waals surface area contributed by atoms with Crippen molar-refractivity contribution in [2.24, 2.45) is 5.92 Å². The molecule has 0 saturated carbocycles. The van der Waals surface area contributed by atoms with Crippen molar-refractivity contribution in [3.8, 4) is 0 Å². The van der Waals surface area contributed by atoms with E-state index in [-0.39, 0.29) is 17.8 Å². The van der Waals surface area contributed by atoms with Crippen LogP contribution in [0.3, 0.4) is 0 Å². The molecule has 0 spiro atoms. The molecule has 1 aromatic heterocycles. The Labute approximate surface area is 163 Å². The van der Waals surface area contributed by atoms with Crippen LogP contribution in [0.2, 0.25) is 0 Å². The number of piperidine rings is 1. The molecule has 1 fully saturated rings. The minimum atomic E-state index is -0.293. The molecular weight excluding hydrogens is 360 g/mol. The first-order chi connectivity index (χ1) is 13.5. The molecule has 28 heavy (non-hydrogen) atoms. The number of aromatic nitrogens is 2. The number of hydrazine groups is 1. The number of aryl methyl sites for hydroxylation is 1. The van der Waals surface area contributed by atoms with Crippen LogP contribution in [0.25, 0.3) is 0 Å². The topological polar surface area (TPSA) is 122 Å². The molecule has 3 rings (SSSR count). The molecule has 1 aromatic carbocycles. The van der Waals surface area contributed by atoms with Crippen LogP contribution in [0.5, 0.6) is 0 Å². The third-order valence-electron chi connectivity index (χ3n) is 4.80. The molecule has 148 valence electrons. The number of rotatable bonds is 5. The van der Waals surface area contributed by atoms with Crippen LogP contribution in [-0.2, 0) is 9.53 Å². The van der Waals surface area contributed by atoms with Crippen LogP contribution in [0.15, 0.2) is 30.6 Å². The summed E-state index contributed by atoms with van der Waals surface area (Å²) in [4.78, 5) is 34.3. The van der Waals surface area contributed by atoms with Gasteiger partial charge in [0.05, 0.1) is 13.0 Å². The van der Waals surface area contributed by atoms with Crippen LogP contribution in [0.4, 0.5) is 17.3 Å². The summed E-state index contributed by atoms with van der Waals surface area (Å²) >= 11 is 0. The highest BCUT2D eigenvalue weighted by Gasteiger charge is 2.27. The number of hydrogen-bond donors (Lipinski definition) is 3. The molecule has 1 amide bonds. The second-order valence-corrected chi connectivity index (χ2v) is 6.69. The Morgan fingerprint density at radius 1 is 1.18 bits per heavy atom. The zero-order valence-electron chi connectivity index (χ0n) is 15.9. The summed E-state index contributed by atoms with van der Waals surface area (Å²) in [5.74, 6) is 0.316. The van der Waals surface area contributed by atoms with Gasteiger partial charge in [-0.25, -0.2) is 9.97 Å². The standard InChI is InChI=1S/C19H24N6O3/c1-12-3-5-13(6-4-12)18(26)24-23-16-15(20)17(22-11-21-16)25-9-7-14(8-10-25)19(27)28-2/h3-6,11,14H,7-10,20H2,1-2H3,(H,24,26)(H,21,22,23). The maximum atomic E-state index is 12.2. The maximum Gasteiger partial charge on any atom is 0.308 e. The normalized spacial score (nSPS) is 14.4. The number of ether oxygens (including phenoxy) is 1. The number of carbonyl (C=O) groups excluding carboxylic acids is 2. The number of carbonyl (C=O) groups is 2. The third kappa shape index (κ3) is 4.30. The SMILES string of the molecule is COC(=O)C1CCN(c2ncnc(NNC(=O)c3ccc(C)cc3)c2N)CC1.